The summed E-state index contributed by atoms with van der Waals surface area (Å²) in [6, 6.07) is -7.02. The lowest BCUT2D eigenvalue weighted by molar-refractivity contribution is -0.144. The second kappa shape index (κ2) is 17.0. The number of carbonyl (C=O) groups excluding carboxylic acids is 5. The highest BCUT2D eigenvalue weighted by Crippen LogP contribution is 2.20. The molecule has 0 unspecified atom stereocenters. The molecule has 9 N–H and O–H groups in total. The maximum atomic E-state index is 13.4. The normalized spacial score (nSPS) is 20.0. The molecule has 15 nitrogen and oxygen atoms in total. The van der Waals surface area contributed by atoms with Crippen LogP contribution >= 0.6 is 0 Å². The number of aliphatic carboxylic acids is 1. The summed E-state index contributed by atoms with van der Waals surface area (Å²) in [7, 11) is 0. The Morgan fingerprint density at radius 3 is 2.00 bits per heavy atom. The fourth-order valence-electron chi connectivity index (χ4n) is 4.47. The zero-order chi connectivity index (χ0) is 32.3. The number of amides is 5. The fraction of sp³-hybridized carbons (Fsp3) is 0.778. The van der Waals surface area contributed by atoms with E-state index < -0.39 is 84.5 Å². The average Bonchev–Trinajstić information content (AvgIpc) is 3.42. The summed E-state index contributed by atoms with van der Waals surface area (Å²) < 4.78 is 0. The molecule has 1 fully saturated rings. The van der Waals surface area contributed by atoms with Gasteiger partial charge in [0.05, 0.1) is 12.7 Å². The van der Waals surface area contributed by atoms with Crippen molar-refractivity contribution in [3.63, 3.8) is 0 Å². The van der Waals surface area contributed by atoms with Crippen molar-refractivity contribution in [3.05, 3.63) is 0 Å². The summed E-state index contributed by atoms with van der Waals surface area (Å²) in [5.41, 5.74) is 5.68. The van der Waals surface area contributed by atoms with Crippen LogP contribution < -0.4 is 27.0 Å². The first-order valence-corrected chi connectivity index (χ1v) is 14.3. The molecule has 0 aliphatic carbocycles. The minimum atomic E-state index is -1.42. The number of carbonyl (C=O) groups is 6. The molecule has 0 aromatic heterocycles. The first-order chi connectivity index (χ1) is 19.5. The summed E-state index contributed by atoms with van der Waals surface area (Å²) in [5.74, 6) is -5.14. The van der Waals surface area contributed by atoms with Crippen LogP contribution in [0.25, 0.3) is 0 Å². The van der Waals surface area contributed by atoms with Crippen LogP contribution in [0.5, 0.6) is 0 Å². The molecule has 1 aliphatic rings. The lowest BCUT2D eigenvalue weighted by Crippen LogP contribution is -2.60. The maximum absolute atomic E-state index is 13.4. The molecule has 1 saturated heterocycles. The lowest BCUT2D eigenvalue weighted by atomic mass is 9.97. The summed E-state index contributed by atoms with van der Waals surface area (Å²) in [4.78, 5) is 77.4. The molecule has 8 atom stereocenters. The molecule has 0 aromatic carbocycles. The predicted molar refractivity (Wildman–Crippen MR) is 151 cm³/mol. The van der Waals surface area contributed by atoms with Crippen molar-refractivity contribution in [1.29, 1.82) is 0 Å². The molecule has 1 heterocycles. The van der Waals surface area contributed by atoms with Crippen molar-refractivity contribution >= 4 is 35.5 Å². The lowest BCUT2D eigenvalue weighted by Gasteiger charge is -2.31. The molecule has 240 valence electrons. The van der Waals surface area contributed by atoms with Gasteiger partial charge in [-0.2, -0.15) is 0 Å². The van der Waals surface area contributed by atoms with E-state index in [9.17, 15) is 39.0 Å². The van der Waals surface area contributed by atoms with Crippen LogP contribution in [0.4, 0.5) is 0 Å². The van der Waals surface area contributed by atoms with E-state index in [1.165, 1.54) is 18.7 Å². The molecule has 5 amide bonds. The first-order valence-electron chi connectivity index (χ1n) is 14.3. The number of rotatable bonds is 16. The van der Waals surface area contributed by atoms with Gasteiger partial charge in [-0.25, -0.2) is 0 Å². The predicted octanol–water partition coefficient (Wildman–Crippen LogP) is -2.19. The third kappa shape index (κ3) is 10.5. The minimum Gasteiger partial charge on any atom is -0.480 e. The van der Waals surface area contributed by atoms with Crippen LogP contribution in [0.2, 0.25) is 0 Å². The van der Waals surface area contributed by atoms with E-state index in [-0.39, 0.29) is 31.2 Å². The van der Waals surface area contributed by atoms with Gasteiger partial charge in [-0.05, 0) is 44.9 Å². The molecule has 0 spiro atoms. The Kier molecular flexibility index (Phi) is 14.8. The standard InChI is InChI=1S/C27H48N6O9/c1-7-14(4)21(25(39)29-15(5)27(41)42)32-23(37)19-9-8-10-33(19)26(40)18(12-34)31-22(36)17(11-13(2)3)30-24(38)20(28)16(6)35/h13-21,34-35H,7-12,28H2,1-6H3,(H,29,39)(H,30,38)(H,31,36)(H,32,37)(H,41,42)/t14-,15-,16+,17-,18-,19-,20-,21-/m0/s1. The van der Waals surface area contributed by atoms with Crippen LogP contribution in [-0.2, 0) is 28.8 Å². The van der Waals surface area contributed by atoms with Crippen molar-refractivity contribution in [3.8, 4) is 0 Å². The van der Waals surface area contributed by atoms with E-state index in [2.05, 4.69) is 21.3 Å². The van der Waals surface area contributed by atoms with E-state index in [0.717, 1.165) is 0 Å². The third-order valence-electron chi connectivity index (χ3n) is 7.32. The smallest absolute Gasteiger partial charge is 0.325 e. The van der Waals surface area contributed by atoms with Gasteiger partial charge in [-0.3, -0.25) is 28.8 Å². The molecule has 0 aromatic rings. The third-order valence-corrected chi connectivity index (χ3v) is 7.32. The van der Waals surface area contributed by atoms with E-state index in [1.54, 1.807) is 6.92 Å². The van der Waals surface area contributed by atoms with E-state index in [4.69, 9.17) is 10.8 Å². The summed E-state index contributed by atoms with van der Waals surface area (Å²) >= 11 is 0. The van der Waals surface area contributed by atoms with E-state index >= 15 is 0 Å². The van der Waals surface area contributed by atoms with Crippen LogP contribution in [0.3, 0.4) is 0 Å². The number of hydrogen-bond donors (Lipinski definition) is 8. The largest absolute Gasteiger partial charge is 0.480 e. The number of carboxylic acid groups (broad SMARTS) is 1. The van der Waals surface area contributed by atoms with Crippen LogP contribution in [0, 0.1) is 11.8 Å². The molecule has 0 bridgehead atoms. The van der Waals surface area contributed by atoms with Gasteiger partial charge in [0.25, 0.3) is 0 Å². The van der Waals surface area contributed by atoms with Gasteiger partial charge in [0.15, 0.2) is 0 Å². The maximum Gasteiger partial charge on any atom is 0.325 e. The Hall–Kier alpha value is -3.30. The average molecular weight is 601 g/mol. The van der Waals surface area contributed by atoms with Gasteiger partial charge in [0.2, 0.25) is 29.5 Å². The fourth-order valence-corrected chi connectivity index (χ4v) is 4.47. The zero-order valence-corrected chi connectivity index (χ0v) is 25.3. The van der Waals surface area contributed by atoms with Crippen molar-refractivity contribution in [2.45, 2.75) is 110 Å². The summed E-state index contributed by atoms with van der Waals surface area (Å²) in [6.45, 7) is 9.19. The highest BCUT2D eigenvalue weighted by molar-refractivity contribution is 5.96. The van der Waals surface area contributed by atoms with Gasteiger partial charge in [-0.15, -0.1) is 0 Å². The number of aliphatic hydroxyl groups is 2. The van der Waals surface area contributed by atoms with Crippen molar-refractivity contribution < 1.29 is 44.1 Å². The second-order valence-electron chi connectivity index (χ2n) is 11.3. The molecule has 0 saturated carbocycles. The molecule has 42 heavy (non-hydrogen) atoms. The van der Waals surface area contributed by atoms with Gasteiger partial charge in [0.1, 0.15) is 36.3 Å². The number of hydrogen-bond acceptors (Lipinski definition) is 9. The van der Waals surface area contributed by atoms with Crippen LogP contribution in [0.15, 0.2) is 0 Å². The molecular formula is C27H48N6O9. The van der Waals surface area contributed by atoms with Crippen molar-refractivity contribution in [2.75, 3.05) is 13.2 Å². The zero-order valence-electron chi connectivity index (χ0n) is 25.3. The SMILES string of the molecule is CC[C@H](C)[C@H](NC(=O)[C@@H]1CCCN1C(=O)[C@H](CO)NC(=O)[C@H](CC(C)C)NC(=O)[C@@H](N)[C@@H](C)O)C(=O)N[C@@H](C)C(=O)O. The van der Waals surface area contributed by atoms with Gasteiger partial charge in [-0.1, -0.05) is 34.1 Å². The molecule has 1 aliphatic heterocycles. The molecule has 0 radical (unpaired) electrons. The number of likely N-dealkylation sites (tertiary alicyclic amines) is 1. The summed E-state index contributed by atoms with van der Waals surface area (Å²) in [5, 5.41) is 38.7. The Balaban J connectivity index is 3.05. The second-order valence-corrected chi connectivity index (χ2v) is 11.3. The highest BCUT2D eigenvalue weighted by atomic mass is 16.4. The Bertz CT molecular complexity index is 976. The molecular weight excluding hydrogens is 552 g/mol. The van der Waals surface area contributed by atoms with Crippen molar-refractivity contribution in [1.82, 2.24) is 26.2 Å². The Morgan fingerprint density at radius 2 is 1.50 bits per heavy atom. The quantitative estimate of drug-likeness (QED) is 0.0952. The van der Waals surface area contributed by atoms with Crippen molar-refractivity contribution in [2.24, 2.45) is 17.6 Å². The highest BCUT2D eigenvalue weighted by Gasteiger charge is 2.40. The van der Waals surface area contributed by atoms with Gasteiger partial charge in [0, 0.05) is 6.54 Å². The first kappa shape index (κ1) is 36.7. The minimum absolute atomic E-state index is 0.0482. The number of aliphatic hydroxyl groups excluding tert-OH is 2. The molecule has 15 heteroatoms. The Labute approximate surface area is 246 Å². The number of nitrogens with zero attached hydrogens (tertiary/aromatic N) is 1. The van der Waals surface area contributed by atoms with Crippen LogP contribution in [0.1, 0.15) is 67.2 Å². The van der Waals surface area contributed by atoms with E-state index in [1.807, 2.05) is 20.8 Å². The molecule has 1 rings (SSSR count). The monoisotopic (exact) mass is 600 g/mol. The van der Waals surface area contributed by atoms with Crippen LogP contribution in [-0.4, -0.2) is 111 Å². The number of carboxylic acids is 1. The Morgan fingerprint density at radius 1 is 0.905 bits per heavy atom. The summed E-state index contributed by atoms with van der Waals surface area (Å²) in [6.07, 6.45) is 0.249. The van der Waals surface area contributed by atoms with Gasteiger partial charge < -0.3 is 47.2 Å². The van der Waals surface area contributed by atoms with E-state index in [0.29, 0.717) is 12.8 Å². The topological polar surface area (TPSA) is 240 Å². The number of nitrogens with two attached hydrogens (primary N) is 1. The van der Waals surface area contributed by atoms with Gasteiger partial charge >= 0.3 is 5.97 Å². The number of nitrogens with one attached hydrogen (secondary N) is 4.